The van der Waals surface area contributed by atoms with Gasteiger partial charge in [-0.3, -0.25) is 0 Å². The number of nitrogens with zero attached hydrogens (tertiary/aromatic N) is 1. The molecule has 0 saturated carbocycles. The SMILES string of the molecule is COc1ccc(Br)cc1NC(=O)N[C@@H](C)C(C)(C)CN(C)C. The summed E-state index contributed by atoms with van der Waals surface area (Å²) in [6.45, 7) is 7.17. The zero-order valence-electron chi connectivity index (χ0n) is 14.2. The molecule has 0 unspecified atom stereocenters. The highest BCUT2D eigenvalue weighted by atomic mass is 79.9. The molecule has 22 heavy (non-hydrogen) atoms. The van der Waals surface area contributed by atoms with Crippen LogP contribution in [0.2, 0.25) is 0 Å². The van der Waals surface area contributed by atoms with E-state index in [1.165, 1.54) is 0 Å². The summed E-state index contributed by atoms with van der Waals surface area (Å²) in [4.78, 5) is 14.3. The highest BCUT2D eigenvalue weighted by Gasteiger charge is 2.28. The number of amides is 2. The maximum absolute atomic E-state index is 12.2. The smallest absolute Gasteiger partial charge is 0.319 e. The molecule has 2 amide bonds. The van der Waals surface area contributed by atoms with Crippen molar-refractivity contribution in [1.29, 1.82) is 0 Å². The summed E-state index contributed by atoms with van der Waals surface area (Å²) < 4.78 is 6.14. The van der Waals surface area contributed by atoms with Crippen molar-refractivity contribution in [1.82, 2.24) is 10.2 Å². The standard InChI is InChI=1S/C16H26BrN3O2/c1-11(16(2,3)10-20(4)5)18-15(21)19-13-9-12(17)7-8-14(13)22-6/h7-9,11H,10H2,1-6H3,(H2,18,19,21)/t11-/m0/s1. The average Bonchev–Trinajstić information content (AvgIpc) is 2.37. The van der Waals surface area contributed by atoms with Crippen LogP contribution >= 0.6 is 15.9 Å². The number of ether oxygens (including phenoxy) is 1. The van der Waals surface area contributed by atoms with Gasteiger partial charge in [0.15, 0.2) is 0 Å². The third-order valence-electron chi connectivity index (χ3n) is 3.65. The number of methoxy groups -OCH3 is 1. The minimum Gasteiger partial charge on any atom is -0.495 e. The molecule has 1 aromatic carbocycles. The number of rotatable bonds is 6. The summed E-state index contributed by atoms with van der Waals surface area (Å²) in [5, 5.41) is 5.84. The topological polar surface area (TPSA) is 53.6 Å². The van der Waals surface area contributed by atoms with E-state index in [-0.39, 0.29) is 17.5 Å². The molecule has 0 aliphatic rings. The molecular weight excluding hydrogens is 346 g/mol. The molecule has 1 aromatic rings. The van der Waals surface area contributed by atoms with E-state index in [0.717, 1.165) is 11.0 Å². The summed E-state index contributed by atoms with van der Waals surface area (Å²) in [5.74, 6) is 0.624. The number of benzene rings is 1. The molecule has 0 spiro atoms. The van der Waals surface area contributed by atoms with Crippen molar-refractivity contribution < 1.29 is 9.53 Å². The van der Waals surface area contributed by atoms with Crippen LogP contribution in [0.1, 0.15) is 20.8 Å². The third-order valence-corrected chi connectivity index (χ3v) is 4.15. The van der Waals surface area contributed by atoms with E-state index in [0.29, 0.717) is 11.4 Å². The Kier molecular flexibility index (Phi) is 6.68. The summed E-state index contributed by atoms with van der Waals surface area (Å²) in [6, 6.07) is 5.27. The molecule has 124 valence electrons. The lowest BCUT2D eigenvalue weighted by Crippen LogP contribution is -2.48. The van der Waals surface area contributed by atoms with Gasteiger partial charge in [-0.2, -0.15) is 0 Å². The average molecular weight is 372 g/mol. The van der Waals surface area contributed by atoms with Gasteiger partial charge in [0.05, 0.1) is 12.8 Å². The Labute approximate surface area is 141 Å². The lowest BCUT2D eigenvalue weighted by molar-refractivity contribution is 0.183. The number of carbonyl (C=O) groups is 1. The number of halogens is 1. The fraction of sp³-hybridized carbons (Fsp3) is 0.562. The summed E-state index contributed by atoms with van der Waals surface area (Å²) in [7, 11) is 5.64. The number of carbonyl (C=O) groups excluding carboxylic acids is 1. The lowest BCUT2D eigenvalue weighted by atomic mass is 9.85. The van der Waals surface area contributed by atoms with Crippen molar-refractivity contribution in [3.8, 4) is 5.75 Å². The van der Waals surface area contributed by atoms with Crippen LogP contribution in [0.4, 0.5) is 10.5 Å². The van der Waals surface area contributed by atoms with Gasteiger partial charge in [-0.1, -0.05) is 29.8 Å². The van der Waals surface area contributed by atoms with E-state index in [1.807, 2.05) is 33.2 Å². The van der Waals surface area contributed by atoms with Crippen molar-refractivity contribution in [2.45, 2.75) is 26.8 Å². The summed E-state index contributed by atoms with van der Waals surface area (Å²) >= 11 is 3.39. The molecule has 0 saturated heterocycles. The second-order valence-corrected chi connectivity index (χ2v) is 7.31. The van der Waals surface area contributed by atoms with Crippen molar-refractivity contribution in [3.63, 3.8) is 0 Å². The first-order valence-corrected chi connectivity index (χ1v) is 8.01. The molecular formula is C16H26BrN3O2. The van der Waals surface area contributed by atoms with Gasteiger partial charge in [-0.15, -0.1) is 0 Å². The Bertz CT molecular complexity index is 518. The number of anilines is 1. The Morgan fingerprint density at radius 1 is 1.41 bits per heavy atom. The van der Waals surface area contributed by atoms with Crippen LogP contribution in [0.3, 0.4) is 0 Å². The van der Waals surface area contributed by atoms with E-state index >= 15 is 0 Å². The van der Waals surface area contributed by atoms with Crippen molar-refractivity contribution >= 4 is 27.6 Å². The number of hydrogen-bond donors (Lipinski definition) is 2. The Morgan fingerprint density at radius 3 is 2.59 bits per heavy atom. The summed E-state index contributed by atoms with van der Waals surface area (Å²) in [6.07, 6.45) is 0. The van der Waals surface area contributed by atoms with Crippen LogP contribution in [0, 0.1) is 5.41 Å². The van der Waals surface area contributed by atoms with Crippen LogP contribution < -0.4 is 15.4 Å². The van der Waals surface area contributed by atoms with Crippen LogP contribution in [0.15, 0.2) is 22.7 Å². The normalized spacial score (nSPS) is 12.9. The lowest BCUT2D eigenvalue weighted by Gasteiger charge is -2.34. The van der Waals surface area contributed by atoms with Crippen LogP contribution in [0.25, 0.3) is 0 Å². The van der Waals surface area contributed by atoms with Gasteiger partial charge < -0.3 is 20.3 Å². The van der Waals surface area contributed by atoms with Gasteiger partial charge in [0, 0.05) is 17.1 Å². The second-order valence-electron chi connectivity index (χ2n) is 6.39. The van der Waals surface area contributed by atoms with E-state index in [2.05, 4.69) is 45.3 Å². The van der Waals surface area contributed by atoms with E-state index in [4.69, 9.17) is 4.74 Å². The largest absolute Gasteiger partial charge is 0.495 e. The van der Waals surface area contributed by atoms with Crippen LogP contribution in [-0.4, -0.2) is 44.7 Å². The molecule has 0 aliphatic carbocycles. The van der Waals surface area contributed by atoms with E-state index < -0.39 is 0 Å². The number of hydrogen-bond acceptors (Lipinski definition) is 3. The second kappa shape index (κ2) is 7.83. The number of urea groups is 1. The van der Waals surface area contributed by atoms with Gasteiger partial charge in [0.1, 0.15) is 5.75 Å². The highest BCUT2D eigenvalue weighted by molar-refractivity contribution is 9.10. The molecule has 0 radical (unpaired) electrons. The predicted molar refractivity (Wildman–Crippen MR) is 94.6 cm³/mol. The van der Waals surface area contributed by atoms with Crippen molar-refractivity contribution in [3.05, 3.63) is 22.7 Å². The first-order chi connectivity index (χ1) is 10.2. The maximum Gasteiger partial charge on any atom is 0.319 e. The zero-order valence-corrected chi connectivity index (χ0v) is 15.7. The number of nitrogens with one attached hydrogen (secondary N) is 2. The molecule has 0 fully saturated rings. The fourth-order valence-corrected chi connectivity index (χ4v) is 2.64. The monoisotopic (exact) mass is 371 g/mol. The first-order valence-electron chi connectivity index (χ1n) is 7.21. The molecule has 0 aromatic heterocycles. The van der Waals surface area contributed by atoms with Crippen molar-refractivity contribution in [2.24, 2.45) is 5.41 Å². The minimum atomic E-state index is -0.240. The molecule has 0 aliphatic heterocycles. The van der Waals surface area contributed by atoms with Gasteiger partial charge in [0.2, 0.25) is 0 Å². The molecule has 2 N–H and O–H groups in total. The van der Waals surface area contributed by atoms with Gasteiger partial charge >= 0.3 is 6.03 Å². The molecule has 6 heteroatoms. The van der Waals surface area contributed by atoms with Crippen molar-refractivity contribution in [2.75, 3.05) is 33.1 Å². The zero-order chi connectivity index (χ0) is 16.9. The van der Waals surface area contributed by atoms with E-state index in [1.54, 1.807) is 13.2 Å². The molecule has 1 atom stereocenters. The first kappa shape index (κ1) is 18.8. The van der Waals surface area contributed by atoms with Gasteiger partial charge in [-0.05, 0) is 44.6 Å². The van der Waals surface area contributed by atoms with Gasteiger partial charge in [0.25, 0.3) is 0 Å². The van der Waals surface area contributed by atoms with E-state index in [9.17, 15) is 4.79 Å². The molecule has 1 rings (SSSR count). The minimum absolute atomic E-state index is 0.0213. The fourth-order valence-electron chi connectivity index (χ4n) is 2.28. The Balaban J connectivity index is 2.72. The maximum atomic E-state index is 12.2. The summed E-state index contributed by atoms with van der Waals surface area (Å²) in [5.41, 5.74) is 0.592. The van der Waals surface area contributed by atoms with Crippen LogP contribution in [-0.2, 0) is 0 Å². The van der Waals surface area contributed by atoms with Crippen LogP contribution in [0.5, 0.6) is 5.75 Å². The molecule has 0 bridgehead atoms. The molecule has 5 nitrogen and oxygen atoms in total. The highest BCUT2D eigenvalue weighted by Crippen LogP contribution is 2.28. The Hall–Kier alpha value is -1.27. The predicted octanol–water partition coefficient (Wildman–Crippen LogP) is 3.56. The quantitative estimate of drug-likeness (QED) is 0.803. The Morgan fingerprint density at radius 2 is 2.05 bits per heavy atom. The molecule has 0 heterocycles. The third kappa shape index (κ3) is 5.50. The van der Waals surface area contributed by atoms with Gasteiger partial charge in [-0.25, -0.2) is 4.79 Å².